The number of rotatable bonds is 5. The molecule has 1 fully saturated rings. The monoisotopic (exact) mass is 444 g/mol. The van der Waals surface area contributed by atoms with Gasteiger partial charge in [0, 0.05) is 44.2 Å². The third-order valence-electron chi connectivity index (χ3n) is 5.57. The van der Waals surface area contributed by atoms with E-state index in [0.717, 1.165) is 5.56 Å². The second-order valence-electron chi connectivity index (χ2n) is 7.59. The van der Waals surface area contributed by atoms with E-state index in [1.807, 2.05) is 0 Å². The molecule has 3 aromatic rings. The highest BCUT2D eigenvalue weighted by Gasteiger charge is 2.22. The average Bonchev–Trinajstić information content (AvgIpc) is 2.77. The van der Waals surface area contributed by atoms with Crippen molar-refractivity contribution in [1.29, 1.82) is 0 Å². The highest BCUT2D eigenvalue weighted by Crippen LogP contribution is 2.20. The number of H-pyrrole nitrogens is 1. The fraction of sp³-hybridized carbons (Fsp3) is 0.318. The molecule has 4 rings (SSSR count). The first-order chi connectivity index (χ1) is 14.9. The summed E-state index contributed by atoms with van der Waals surface area (Å²) in [6.07, 6.45) is 0.123. The zero-order valence-electron chi connectivity index (χ0n) is 16.8. The van der Waals surface area contributed by atoms with Crippen LogP contribution >= 0.6 is 11.6 Å². The van der Waals surface area contributed by atoms with Gasteiger partial charge in [-0.2, -0.15) is 0 Å². The Bertz CT molecular complexity index is 1230. The van der Waals surface area contributed by atoms with Crippen LogP contribution in [-0.2, 0) is 17.9 Å². The van der Waals surface area contributed by atoms with E-state index in [9.17, 15) is 18.8 Å². The number of halogens is 2. The van der Waals surface area contributed by atoms with Crippen molar-refractivity contribution in [3.05, 3.63) is 79.6 Å². The molecule has 1 saturated heterocycles. The summed E-state index contributed by atoms with van der Waals surface area (Å²) >= 11 is 6.10. The number of benzene rings is 2. The van der Waals surface area contributed by atoms with E-state index in [1.54, 1.807) is 35.2 Å². The zero-order chi connectivity index (χ0) is 22.0. The number of aromatic amines is 1. The predicted octanol–water partition coefficient (Wildman–Crippen LogP) is 2.22. The van der Waals surface area contributed by atoms with Crippen LogP contribution in [0.1, 0.15) is 12.0 Å². The van der Waals surface area contributed by atoms with Crippen LogP contribution in [0.5, 0.6) is 0 Å². The molecule has 0 bridgehead atoms. The number of nitrogens with zero attached hydrogens (tertiary/aromatic N) is 3. The van der Waals surface area contributed by atoms with Crippen LogP contribution in [0.25, 0.3) is 10.8 Å². The molecule has 2 heterocycles. The Hall–Kier alpha value is -2.97. The van der Waals surface area contributed by atoms with Crippen LogP contribution in [0.2, 0.25) is 5.02 Å². The summed E-state index contributed by atoms with van der Waals surface area (Å²) in [6.45, 7) is 3.16. The first-order valence-electron chi connectivity index (χ1n) is 10.1. The van der Waals surface area contributed by atoms with E-state index < -0.39 is 0 Å². The molecule has 1 aliphatic heterocycles. The summed E-state index contributed by atoms with van der Waals surface area (Å²) in [5.41, 5.74) is 0.183. The molecular weight excluding hydrogens is 423 g/mol. The first-order valence-corrected chi connectivity index (χ1v) is 10.5. The molecule has 0 spiro atoms. The average molecular weight is 445 g/mol. The van der Waals surface area contributed by atoms with Gasteiger partial charge in [-0.15, -0.1) is 0 Å². The van der Waals surface area contributed by atoms with Crippen molar-refractivity contribution < 1.29 is 9.18 Å². The molecule has 1 amide bonds. The highest BCUT2D eigenvalue weighted by molar-refractivity contribution is 6.31. The Morgan fingerprint density at radius 2 is 1.74 bits per heavy atom. The van der Waals surface area contributed by atoms with Crippen LogP contribution in [0.4, 0.5) is 4.39 Å². The van der Waals surface area contributed by atoms with Crippen LogP contribution in [0.3, 0.4) is 0 Å². The summed E-state index contributed by atoms with van der Waals surface area (Å²) < 4.78 is 14.4. The molecule has 0 aliphatic carbocycles. The van der Waals surface area contributed by atoms with Crippen LogP contribution < -0.4 is 11.1 Å². The number of carbonyl (C=O) groups excluding carboxylic acids is 1. The lowest BCUT2D eigenvalue weighted by atomic mass is 10.2. The Kier molecular flexibility index (Phi) is 6.20. The number of aromatic nitrogens is 2. The number of fused-ring (bicyclic) bond motifs is 1. The van der Waals surface area contributed by atoms with Crippen molar-refractivity contribution in [2.45, 2.75) is 19.5 Å². The van der Waals surface area contributed by atoms with Gasteiger partial charge in [-0.1, -0.05) is 29.8 Å². The number of carbonyl (C=O) groups is 1. The fourth-order valence-electron chi connectivity index (χ4n) is 3.82. The van der Waals surface area contributed by atoms with Crippen LogP contribution in [-0.4, -0.2) is 51.7 Å². The molecule has 1 aliphatic rings. The molecule has 162 valence electrons. The van der Waals surface area contributed by atoms with Crippen molar-refractivity contribution in [3.63, 3.8) is 0 Å². The summed E-state index contributed by atoms with van der Waals surface area (Å²) in [6, 6.07) is 11.0. The second-order valence-corrected chi connectivity index (χ2v) is 7.99. The predicted molar refractivity (Wildman–Crippen MR) is 117 cm³/mol. The van der Waals surface area contributed by atoms with Crippen molar-refractivity contribution in [1.82, 2.24) is 19.6 Å². The van der Waals surface area contributed by atoms with Gasteiger partial charge in [-0.25, -0.2) is 9.07 Å². The minimum Gasteiger partial charge on any atom is -0.340 e. The Labute approximate surface area is 182 Å². The smallest absolute Gasteiger partial charge is 0.273 e. The topological polar surface area (TPSA) is 78.4 Å². The van der Waals surface area contributed by atoms with Gasteiger partial charge in [0.05, 0.1) is 17.3 Å². The third-order valence-corrected chi connectivity index (χ3v) is 5.92. The molecule has 7 nitrogen and oxygen atoms in total. The molecule has 0 unspecified atom stereocenters. The van der Waals surface area contributed by atoms with Gasteiger partial charge in [-0.05, 0) is 29.8 Å². The molecule has 9 heteroatoms. The minimum absolute atomic E-state index is 0.0691. The third kappa shape index (κ3) is 4.70. The van der Waals surface area contributed by atoms with E-state index in [-0.39, 0.29) is 35.8 Å². The maximum absolute atomic E-state index is 13.2. The number of amides is 1. The second kappa shape index (κ2) is 9.03. The summed E-state index contributed by atoms with van der Waals surface area (Å²) in [7, 11) is 0. The maximum atomic E-state index is 13.2. The van der Waals surface area contributed by atoms with Gasteiger partial charge in [0.25, 0.3) is 11.1 Å². The van der Waals surface area contributed by atoms with E-state index >= 15 is 0 Å². The number of hydrogen-bond acceptors (Lipinski definition) is 4. The Balaban J connectivity index is 1.33. The lowest BCUT2D eigenvalue weighted by molar-refractivity contribution is -0.133. The lowest BCUT2D eigenvalue weighted by Gasteiger charge is -2.35. The normalized spacial score (nSPS) is 14.8. The first kappa shape index (κ1) is 21.3. The van der Waals surface area contributed by atoms with Crippen molar-refractivity contribution in [2.75, 3.05) is 26.2 Å². The van der Waals surface area contributed by atoms with Crippen LogP contribution in [0, 0.1) is 5.82 Å². The molecular formula is C22H22ClFN4O3. The molecule has 31 heavy (non-hydrogen) atoms. The van der Waals surface area contributed by atoms with Gasteiger partial charge in [0.15, 0.2) is 0 Å². The van der Waals surface area contributed by atoms with Gasteiger partial charge in [0.2, 0.25) is 5.91 Å². The van der Waals surface area contributed by atoms with E-state index in [4.69, 9.17) is 11.6 Å². The summed E-state index contributed by atoms with van der Waals surface area (Å²) in [5.74, 6) is -0.434. The molecule has 0 saturated carbocycles. The van der Waals surface area contributed by atoms with Gasteiger partial charge in [0.1, 0.15) is 5.82 Å². The van der Waals surface area contributed by atoms with Crippen molar-refractivity contribution >= 4 is 28.3 Å². The van der Waals surface area contributed by atoms with Crippen molar-refractivity contribution in [2.24, 2.45) is 0 Å². The quantitative estimate of drug-likeness (QED) is 0.654. The van der Waals surface area contributed by atoms with Gasteiger partial charge < -0.3 is 4.90 Å². The number of nitrogens with one attached hydrogen (secondary N) is 1. The minimum atomic E-state index is -0.365. The molecule has 2 aromatic carbocycles. The summed E-state index contributed by atoms with van der Waals surface area (Å²) in [5, 5.41) is 3.63. The molecule has 0 atom stereocenters. The Morgan fingerprint density at radius 3 is 2.45 bits per heavy atom. The number of aryl methyl sites for hydroxylation is 1. The standard InChI is InChI=1S/C22H22ClFN4O3/c23-19-13-16(24)6-5-15(19)14-26-9-11-27(12-10-26)20(29)7-8-28-22(31)18-4-2-1-3-17(18)21(30)25-28/h1-6,13H,7-12,14H2,(H,25,30). The maximum Gasteiger partial charge on any atom is 0.273 e. The lowest BCUT2D eigenvalue weighted by Crippen LogP contribution is -2.48. The summed E-state index contributed by atoms with van der Waals surface area (Å²) in [4.78, 5) is 41.3. The Morgan fingerprint density at radius 1 is 1.03 bits per heavy atom. The highest BCUT2D eigenvalue weighted by atomic mass is 35.5. The zero-order valence-corrected chi connectivity index (χ0v) is 17.6. The van der Waals surface area contributed by atoms with E-state index in [0.29, 0.717) is 48.5 Å². The fourth-order valence-corrected chi connectivity index (χ4v) is 4.04. The number of hydrogen-bond donors (Lipinski definition) is 1. The van der Waals surface area contributed by atoms with E-state index in [1.165, 1.54) is 16.8 Å². The van der Waals surface area contributed by atoms with E-state index in [2.05, 4.69) is 10.00 Å². The largest absolute Gasteiger partial charge is 0.340 e. The SMILES string of the molecule is O=C(CCn1[nH]c(=O)c2ccccc2c1=O)N1CCN(Cc2ccc(F)cc2Cl)CC1. The van der Waals surface area contributed by atoms with Crippen LogP contribution in [0.15, 0.2) is 52.1 Å². The van der Waals surface area contributed by atoms with Gasteiger partial charge >= 0.3 is 0 Å². The van der Waals surface area contributed by atoms with Crippen molar-refractivity contribution in [3.8, 4) is 0 Å². The molecule has 1 aromatic heterocycles. The van der Waals surface area contributed by atoms with Gasteiger partial charge in [-0.3, -0.25) is 24.4 Å². The number of piperazine rings is 1. The molecule has 1 N–H and O–H groups in total. The molecule has 0 radical (unpaired) electrons.